The van der Waals surface area contributed by atoms with Crippen molar-refractivity contribution in [1.82, 2.24) is 20.0 Å². The molecule has 2 N–H and O–H groups in total. The highest BCUT2D eigenvalue weighted by Gasteiger charge is 2.17. The number of nitrogens with zero attached hydrogens (tertiary/aromatic N) is 4. The summed E-state index contributed by atoms with van der Waals surface area (Å²) in [5.41, 5.74) is 10.3. The Morgan fingerprint density at radius 3 is 2.65 bits per heavy atom. The molecule has 0 unspecified atom stereocenters. The highest BCUT2D eigenvalue weighted by Crippen LogP contribution is 2.32. The molecule has 2 aromatic heterocycles. The molecule has 0 saturated heterocycles. The van der Waals surface area contributed by atoms with Crippen LogP contribution < -0.4 is 5.73 Å². The first kappa shape index (κ1) is 16.7. The highest BCUT2D eigenvalue weighted by atomic mass is 35.5. The largest absolute Gasteiger partial charge is 0.382 e. The molecule has 0 bridgehead atoms. The fourth-order valence-corrected chi connectivity index (χ4v) is 3.48. The van der Waals surface area contributed by atoms with E-state index in [0.29, 0.717) is 22.2 Å². The summed E-state index contributed by atoms with van der Waals surface area (Å²) >= 11 is 7.27. The van der Waals surface area contributed by atoms with Crippen LogP contribution in [0.4, 0.5) is 10.2 Å². The molecule has 0 aliphatic heterocycles. The number of hydrogen-bond donors (Lipinski definition) is 1. The van der Waals surface area contributed by atoms with Gasteiger partial charge in [0.2, 0.25) is 0 Å². The summed E-state index contributed by atoms with van der Waals surface area (Å²) in [6.07, 6.45) is 0. The van der Waals surface area contributed by atoms with E-state index in [0.717, 1.165) is 11.3 Å². The molecule has 0 aliphatic carbocycles. The van der Waals surface area contributed by atoms with Crippen molar-refractivity contribution in [1.29, 1.82) is 0 Å². The molecular weight excluding hydrogens is 373 g/mol. The quantitative estimate of drug-likeness (QED) is 0.553. The third-order valence-corrected chi connectivity index (χ3v) is 5.05. The highest BCUT2D eigenvalue weighted by molar-refractivity contribution is 7.13. The number of benzene rings is 2. The molecule has 5 nitrogen and oxygen atoms in total. The lowest BCUT2D eigenvalue weighted by atomic mass is 10.1. The van der Waals surface area contributed by atoms with Crippen molar-refractivity contribution < 1.29 is 4.39 Å². The molecule has 4 aromatic rings. The second-order valence-corrected chi connectivity index (χ2v) is 7.00. The molecule has 26 heavy (non-hydrogen) atoms. The van der Waals surface area contributed by atoms with Crippen molar-refractivity contribution in [3.05, 3.63) is 64.2 Å². The lowest BCUT2D eigenvalue weighted by Gasteiger charge is -2.04. The van der Waals surface area contributed by atoms with Gasteiger partial charge in [-0.2, -0.15) is 4.68 Å². The predicted octanol–water partition coefficient (Wildman–Crippen LogP) is 4.74. The van der Waals surface area contributed by atoms with E-state index in [1.807, 2.05) is 36.6 Å². The van der Waals surface area contributed by atoms with Crippen LogP contribution in [0.2, 0.25) is 5.02 Å². The molecule has 0 fully saturated rings. The molecule has 0 radical (unpaired) electrons. The number of anilines is 1. The monoisotopic (exact) mass is 385 g/mol. The predicted molar refractivity (Wildman–Crippen MR) is 102 cm³/mol. The summed E-state index contributed by atoms with van der Waals surface area (Å²) in [6.45, 7) is 2.04. The fourth-order valence-electron chi connectivity index (χ4n) is 2.49. The molecule has 0 atom stereocenters. The Kier molecular flexibility index (Phi) is 4.18. The maximum Gasteiger partial charge on any atom is 0.165 e. The second-order valence-electron chi connectivity index (χ2n) is 5.74. The molecule has 2 aromatic carbocycles. The van der Waals surface area contributed by atoms with Crippen molar-refractivity contribution in [2.24, 2.45) is 0 Å². The minimum Gasteiger partial charge on any atom is -0.382 e. The molecule has 2 heterocycles. The Labute approximate surface area is 157 Å². The third kappa shape index (κ3) is 2.95. The summed E-state index contributed by atoms with van der Waals surface area (Å²) in [7, 11) is 0. The van der Waals surface area contributed by atoms with Crippen LogP contribution in [0.5, 0.6) is 0 Å². The molecule has 4 rings (SSSR count). The van der Waals surface area contributed by atoms with Crippen LogP contribution >= 0.6 is 22.9 Å². The fraction of sp³-hybridized carbons (Fsp3) is 0.0556. The number of nitrogen functional groups attached to an aromatic ring is 1. The van der Waals surface area contributed by atoms with Gasteiger partial charge in [-0.05, 0) is 25.1 Å². The van der Waals surface area contributed by atoms with Crippen LogP contribution in [-0.2, 0) is 0 Å². The number of aromatic nitrogens is 4. The standard InChI is InChI=1S/C18H13ClFN5S/c1-10-2-4-11(5-3-10)15-9-26-18(22-15)16-17(21)25(24-23-16)12-6-7-14(20)13(19)8-12/h2-9H,21H2,1H3. The molecule has 0 saturated carbocycles. The maximum absolute atomic E-state index is 13.4. The number of halogens is 2. The lowest BCUT2D eigenvalue weighted by molar-refractivity contribution is 0.627. The first-order valence-electron chi connectivity index (χ1n) is 7.72. The van der Waals surface area contributed by atoms with Crippen LogP contribution in [-0.4, -0.2) is 20.0 Å². The average Bonchev–Trinajstić information content (AvgIpc) is 3.25. The van der Waals surface area contributed by atoms with E-state index < -0.39 is 5.82 Å². The van der Waals surface area contributed by atoms with Gasteiger partial charge in [0.05, 0.1) is 16.4 Å². The average molecular weight is 386 g/mol. The molecule has 0 aliphatic rings. The number of hydrogen-bond acceptors (Lipinski definition) is 5. The van der Waals surface area contributed by atoms with Crippen LogP contribution in [0, 0.1) is 12.7 Å². The van der Waals surface area contributed by atoms with E-state index >= 15 is 0 Å². The molecule has 8 heteroatoms. The van der Waals surface area contributed by atoms with Crippen LogP contribution in [0.1, 0.15) is 5.56 Å². The lowest BCUT2D eigenvalue weighted by Crippen LogP contribution is -2.02. The zero-order valence-electron chi connectivity index (χ0n) is 13.6. The van der Waals surface area contributed by atoms with E-state index in [-0.39, 0.29) is 5.02 Å². The normalized spacial score (nSPS) is 11.0. The zero-order valence-corrected chi connectivity index (χ0v) is 15.2. The van der Waals surface area contributed by atoms with Gasteiger partial charge >= 0.3 is 0 Å². The Morgan fingerprint density at radius 2 is 1.92 bits per heavy atom. The van der Waals surface area contributed by atoms with Crippen molar-refractivity contribution in [3.63, 3.8) is 0 Å². The molecule has 0 amide bonds. The third-order valence-electron chi connectivity index (χ3n) is 3.91. The summed E-state index contributed by atoms with van der Waals surface area (Å²) in [5.74, 6) is -0.186. The van der Waals surface area contributed by atoms with E-state index in [9.17, 15) is 4.39 Å². The van der Waals surface area contributed by atoms with E-state index in [2.05, 4.69) is 15.3 Å². The number of nitrogens with two attached hydrogens (primary N) is 1. The van der Waals surface area contributed by atoms with Crippen LogP contribution in [0.15, 0.2) is 47.8 Å². The topological polar surface area (TPSA) is 69.6 Å². The summed E-state index contributed by atoms with van der Waals surface area (Å²) < 4.78 is 14.8. The number of rotatable bonds is 3. The van der Waals surface area contributed by atoms with Crippen molar-refractivity contribution in [2.75, 3.05) is 5.73 Å². The van der Waals surface area contributed by atoms with Gasteiger partial charge in [-0.25, -0.2) is 9.37 Å². The van der Waals surface area contributed by atoms with E-state index in [1.165, 1.54) is 39.8 Å². The Hall–Kier alpha value is -2.77. The molecular formula is C18H13ClFN5S. The van der Waals surface area contributed by atoms with Gasteiger partial charge in [-0.1, -0.05) is 46.6 Å². The smallest absolute Gasteiger partial charge is 0.165 e. The SMILES string of the molecule is Cc1ccc(-c2csc(-c3nnn(-c4ccc(F)c(Cl)c4)c3N)n2)cc1. The van der Waals surface area contributed by atoms with Crippen LogP contribution in [0.25, 0.3) is 27.6 Å². The van der Waals surface area contributed by atoms with Gasteiger partial charge in [-0.3, -0.25) is 0 Å². The van der Waals surface area contributed by atoms with Crippen molar-refractivity contribution >= 4 is 28.8 Å². The maximum atomic E-state index is 13.4. The van der Waals surface area contributed by atoms with Gasteiger partial charge in [0.15, 0.2) is 11.5 Å². The zero-order chi connectivity index (χ0) is 18.3. The van der Waals surface area contributed by atoms with Crippen LogP contribution in [0.3, 0.4) is 0 Å². The van der Waals surface area contributed by atoms with Gasteiger partial charge in [0.1, 0.15) is 10.8 Å². The summed E-state index contributed by atoms with van der Waals surface area (Å²) in [4.78, 5) is 4.62. The minimum absolute atomic E-state index is 0.00476. The van der Waals surface area contributed by atoms with Gasteiger partial charge in [0, 0.05) is 10.9 Å². The Balaban J connectivity index is 1.70. The van der Waals surface area contributed by atoms with Crippen molar-refractivity contribution in [2.45, 2.75) is 6.92 Å². The van der Waals surface area contributed by atoms with E-state index in [4.69, 9.17) is 17.3 Å². The van der Waals surface area contributed by atoms with Gasteiger partial charge in [0.25, 0.3) is 0 Å². The number of thiazole rings is 1. The first-order chi connectivity index (χ1) is 12.5. The van der Waals surface area contributed by atoms with Gasteiger partial charge < -0.3 is 5.73 Å². The Morgan fingerprint density at radius 1 is 1.15 bits per heavy atom. The van der Waals surface area contributed by atoms with Crippen molar-refractivity contribution in [3.8, 4) is 27.6 Å². The first-order valence-corrected chi connectivity index (χ1v) is 8.98. The molecule has 130 valence electrons. The Bertz CT molecular complexity index is 1090. The summed E-state index contributed by atoms with van der Waals surface area (Å²) in [5, 5.41) is 10.8. The van der Waals surface area contributed by atoms with E-state index in [1.54, 1.807) is 0 Å². The second kappa shape index (κ2) is 6.51. The van der Waals surface area contributed by atoms with Gasteiger partial charge in [-0.15, -0.1) is 16.4 Å². The number of aryl methyl sites for hydroxylation is 1. The molecule has 0 spiro atoms. The minimum atomic E-state index is -0.503. The summed E-state index contributed by atoms with van der Waals surface area (Å²) in [6, 6.07) is 12.4.